The van der Waals surface area contributed by atoms with Crippen LogP contribution >= 0.6 is 0 Å². The number of hydrogen-bond donors (Lipinski definition) is 4. The molecule has 0 fully saturated rings. The monoisotopic (exact) mass is 424 g/mol. The molecule has 0 aliphatic heterocycles. The molecule has 0 atom stereocenters. The van der Waals surface area contributed by atoms with Crippen molar-refractivity contribution in [3.05, 3.63) is 0 Å². The molecule has 29 heavy (non-hydrogen) atoms. The lowest BCUT2D eigenvalue weighted by molar-refractivity contribution is -0.196. The number of rotatable bonds is 12. The number of esters is 4. The Balaban J connectivity index is 5.17. The summed E-state index contributed by atoms with van der Waals surface area (Å²) >= 11 is 0. The fourth-order valence-electron chi connectivity index (χ4n) is 1.39. The SMILES string of the molecule is O=C(O)CC(=O)OCOC(=O)C(C(=O)O)(C(=O)O)C(=O)OCOC(=O)CC(=O)O. The van der Waals surface area contributed by atoms with Crippen molar-refractivity contribution in [2.75, 3.05) is 13.6 Å². The third-order valence-electron chi connectivity index (χ3n) is 2.66. The summed E-state index contributed by atoms with van der Waals surface area (Å²) in [5.74, 6) is -15.9. The Bertz CT molecular complexity index is 671. The van der Waals surface area contributed by atoms with E-state index in [1.165, 1.54) is 0 Å². The molecule has 0 heterocycles. The molecule has 0 aliphatic rings. The first-order chi connectivity index (χ1) is 13.3. The topological polar surface area (TPSA) is 254 Å². The van der Waals surface area contributed by atoms with E-state index in [0.29, 0.717) is 0 Å². The summed E-state index contributed by atoms with van der Waals surface area (Å²) < 4.78 is 16.3. The highest BCUT2D eigenvalue weighted by molar-refractivity contribution is 6.32. The number of carboxylic acid groups (broad SMARTS) is 4. The molecule has 0 amide bonds. The van der Waals surface area contributed by atoms with Crippen molar-refractivity contribution >= 4 is 47.8 Å². The van der Waals surface area contributed by atoms with E-state index < -0.39 is 79.6 Å². The zero-order chi connectivity index (χ0) is 22.8. The predicted molar refractivity (Wildman–Crippen MR) is 76.3 cm³/mol. The van der Waals surface area contributed by atoms with E-state index in [0.717, 1.165) is 0 Å². The second-order valence-electron chi connectivity index (χ2n) is 4.63. The van der Waals surface area contributed by atoms with Crippen LogP contribution in [0, 0.1) is 5.41 Å². The smallest absolute Gasteiger partial charge is 0.355 e. The van der Waals surface area contributed by atoms with Crippen LogP contribution in [0.2, 0.25) is 0 Å². The van der Waals surface area contributed by atoms with Gasteiger partial charge in [-0.1, -0.05) is 0 Å². The first-order valence-corrected chi connectivity index (χ1v) is 6.91. The Kier molecular flexibility index (Phi) is 9.22. The van der Waals surface area contributed by atoms with Gasteiger partial charge < -0.3 is 39.4 Å². The maximum atomic E-state index is 11.9. The molecular weight excluding hydrogens is 412 g/mol. The van der Waals surface area contributed by atoms with Crippen molar-refractivity contribution in [2.24, 2.45) is 5.41 Å². The first-order valence-electron chi connectivity index (χ1n) is 6.91. The van der Waals surface area contributed by atoms with Gasteiger partial charge >= 0.3 is 53.2 Å². The molecule has 0 spiro atoms. The lowest BCUT2D eigenvalue weighted by Crippen LogP contribution is -2.54. The van der Waals surface area contributed by atoms with E-state index in [9.17, 15) is 38.4 Å². The number of carbonyl (C=O) groups excluding carboxylic acids is 4. The lowest BCUT2D eigenvalue weighted by atomic mass is 9.88. The molecule has 4 N–H and O–H groups in total. The van der Waals surface area contributed by atoms with Crippen LogP contribution in [0.25, 0.3) is 0 Å². The molecule has 0 aromatic heterocycles. The van der Waals surface area contributed by atoms with Gasteiger partial charge in [-0.15, -0.1) is 0 Å². The molecule has 160 valence electrons. The van der Waals surface area contributed by atoms with Crippen LogP contribution in [0.15, 0.2) is 0 Å². The van der Waals surface area contributed by atoms with Gasteiger partial charge in [0.25, 0.3) is 0 Å². The van der Waals surface area contributed by atoms with Gasteiger partial charge in [-0.3, -0.25) is 19.2 Å². The van der Waals surface area contributed by atoms with Gasteiger partial charge in [0, 0.05) is 0 Å². The zero-order valence-electron chi connectivity index (χ0n) is 14.0. The third-order valence-corrected chi connectivity index (χ3v) is 2.66. The van der Waals surface area contributed by atoms with E-state index in [-0.39, 0.29) is 0 Å². The zero-order valence-corrected chi connectivity index (χ0v) is 14.0. The van der Waals surface area contributed by atoms with Crippen molar-refractivity contribution in [2.45, 2.75) is 12.8 Å². The number of aliphatic carboxylic acids is 4. The van der Waals surface area contributed by atoms with E-state index in [2.05, 4.69) is 18.9 Å². The summed E-state index contributed by atoms with van der Waals surface area (Å²) in [7, 11) is 0. The van der Waals surface area contributed by atoms with Crippen LogP contribution in [-0.4, -0.2) is 81.8 Å². The Morgan fingerprint density at radius 3 is 1.10 bits per heavy atom. The second kappa shape index (κ2) is 10.8. The average molecular weight is 424 g/mol. The lowest BCUT2D eigenvalue weighted by Gasteiger charge is -2.20. The summed E-state index contributed by atoms with van der Waals surface area (Å²) in [6, 6.07) is 0. The predicted octanol–water partition coefficient (Wildman–Crippen LogP) is -2.82. The van der Waals surface area contributed by atoms with Crippen molar-refractivity contribution in [3.8, 4) is 0 Å². The van der Waals surface area contributed by atoms with Crippen LogP contribution in [0.4, 0.5) is 0 Å². The Labute approximate surface area is 158 Å². The minimum atomic E-state index is -4.03. The van der Waals surface area contributed by atoms with Crippen molar-refractivity contribution in [3.63, 3.8) is 0 Å². The van der Waals surface area contributed by atoms with Crippen LogP contribution in [0.5, 0.6) is 0 Å². The highest BCUT2D eigenvalue weighted by Gasteiger charge is 2.64. The van der Waals surface area contributed by atoms with Crippen molar-refractivity contribution in [1.29, 1.82) is 0 Å². The molecule has 0 saturated carbocycles. The first kappa shape index (κ1) is 24.8. The Hall–Kier alpha value is -4.24. The van der Waals surface area contributed by atoms with Gasteiger partial charge in [0.2, 0.25) is 13.6 Å². The maximum absolute atomic E-state index is 11.9. The van der Waals surface area contributed by atoms with E-state index >= 15 is 0 Å². The van der Waals surface area contributed by atoms with Gasteiger partial charge in [0.05, 0.1) is 0 Å². The molecule has 0 saturated heterocycles. The highest BCUT2D eigenvalue weighted by atomic mass is 16.7. The van der Waals surface area contributed by atoms with Gasteiger partial charge in [-0.25, -0.2) is 19.2 Å². The molecule has 0 unspecified atom stereocenters. The Morgan fingerprint density at radius 1 is 0.552 bits per heavy atom. The molecule has 16 nitrogen and oxygen atoms in total. The summed E-state index contributed by atoms with van der Waals surface area (Å²) in [5.41, 5.74) is -4.03. The fourth-order valence-corrected chi connectivity index (χ4v) is 1.39. The van der Waals surface area contributed by atoms with Crippen molar-refractivity contribution in [1.82, 2.24) is 0 Å². The normalized spacial score (nSPS) is 10.2. The third kappa shape index (κ3) is 7.12. The molecule has 0 aliphatic carbocycles. The van der Waals surface area contributed by atoms with Gasteiger partial charge in [-0.2, -0.15) is 0 Å². The largest absolute Gasteiger partial charge is 0.481 e. The van der Waals surface area contributed by atoms with E-state index in [4.69, 9.17) is 20.4 Å². The fraction of sp³-hybridized carbons (Fsp3) is 0.385. The van der Waals surface area contributed by atoms with Crippen LogP contribution in [-0.2, 0) is 57.3 Å². The summed E-state index contributed by atoms with van der Waals surface area (Å²) in [5, 5.41) is 34.7. The molecule has 0 radical (unpaired) electrons. The molecule has 16 heteroatoms. The van der Waals surface area contributed by atoms with Crippen molar-refractivity contribution < 1.29 is 77.7 Å². The molecule has 0 aromatic carbocycles. The number of ether oxygens (including phenoxy) is 4. The second-order valence-corrected chi connectivity index (χ2v) is 4.63. The molecule has 0 aromatic rings. The molecule has 0 bridgehead atoms. The highest BCUT2D eigenvalue weighted by Crippen LogP contribution is 2.23. The maximum Gasteiger partial charge on any atom is 0.355 e. The summed E-state index contributed by atoms with van der Waals surface area (Å²) in [4.78, 5) is 88.7. The molecular formula is C13H12O16. The average Bonchev–Trinajstić information content (AvgIpc) is 2.53. The van der Waals surface area contributed by atoms with E-state index in [1.807, 2.05) is 0 Å². The van der Waals surface area contributed by atoms with Gasteiger partial charge in [0.15, 0.2) is 0 Å². The van der Waals surface area contributed by atoms with Gasteiger partial charge in [-0.05, 0) is 0 Å². The van der Waals surface area contributed by atoms with Crippen LogP contribution < -0.4 is 0 Å². The van der Waals surface area contributed by atoms with Crippen LogP contribution in [0.1, 0.15) is 12.8 Å². The number of hydrogen-bond acceptors (Lipinski definition) is 12. The quantitative estimate of drug-likeness (QED) is 0.140. The number of carboxylic acids is 4. The standard InChI is InChI=1S/C13H12O16/c14-5(15)1-7(18)26-3-28-11(24)13(9(20)21,10(22)23)12(25)29-4-27-8(19)2-6(16)17/h1-4H2,(H,14,15)(H,16,17)(H,20,21)(H,22,23). The van der Waals surface area contributed by atoms with Crippen LogP contribution in [0.3, 0.4) is 0 Å². The minimum absolute atomic E-state index is 1.16. The minimum Gasteiger partial charge on any atom is -0.481 e. The summed E-state index contributed by atoms with van der Waals surface area (Å²) in [6.07, 6.45) is -2.32. The summed E-state index contributed by atoms with van der Waals surface area (Å²) in [6.45, 7) is -2.87. The van der Waals surface area contributed by atoms with Gasteiger partial charge in [0.1, 0.15) is 12.8 Å². The van der Waals surface area contributed by atoms with E-state index in [1.54, 1.807) is 0 Å². The molecule has 0 rings (SSSR count). The number of carbonyl (C=O) groups is 8. The Morgan fingerprint density at radius 2 is 0.862 bits per heavy atom.